The van der Waals surface area contributed by atoms with Crippen LogP contribution < -0.4 is 15.0 Å². The average molecular weight is 521 g/mol. The first-order valence-corrected chi connectivity index (χ1v) is 10.1. The Morgan fingerprint density at radius 2 is 2.06 bits per heavy atom. The molecule has 0 saturated heterocycles. The molecule has 1 unspecified atom stereocenters. The number of amides is 2. The van der Waals surface area contributed by atoms with Gasteiger partial charge in [0.1, 0.15) is 5.69 Å². The first kappa shape index (κ1) is 21.6. The quantitative estimate of drug-likeness (QED) is 0.654. The maximum absolute atomic E-state index is 13.4. The van der Waals surface area contributed by atoms with Gasteiger partial charge in [-0.1, -0.05) is 11.6 Å². The molecule has 0 bridgehead atoms. The van der Waals surface area contributed by atoms with Crippen LogP contribution in [0.2, 0.25) is 0 Å². The summed E-state index contributed by atoms with van der Waals surface area (Å²) in [5.41, 5.74) is 0.546. The third kappa shape index (κ3) is 4.24. The van der Waals surface area contributed by atoms with Crippen molar-refractivity contribution in [1.82, 2.24) is 25.3 Å². The van der Waals surface area contributed by atoms with Gasteiger partial charge >= 0.3 is 12.2 Å². The van der Waals surface area contributed by atoms with Crippen LogP contribution in [0.3, 0.4) is 0 Å². The molecule has 1 N–H and O–H groups in total. The SMILES string of the molecule is Cc1ncc2c(c1Br)O[C@H](C(F)(F)F)CN2C(=O)NC1C=NC(n2nccn2)=C(Cl)C1. The largest absolute Gasteiger partial charge is 0.476 e. The van der Waals surface area contributed by atoms with Crippen molar-refractivity contribution in [2.75, 3.05) is 11.4 Å². The van der Waals surface area contributed by atoms with Gasteiger partial charge in [0.2, 0.25) is 6.10 Å². The molecule has 2 atom stereocenters. The molecule has 0 radical (unpaired) electrons. The van der Waals surface area contributed by atoms with Crippen molar-refractivity contribution < 1.29 is 22.7 Å². The van der Waals surface area contributed by atoms with Crippen molar-refractivity contribution in [1.29, 1.82) is 0 Å². The highest BCUT2D eigenvalue weighted by Crippen LogP contribution is 2.43. The zero-order valence-corrected chi connectivity index (χ0v) is 18.1. The fraction of sp³-hybridized carbons (Fsp3) is 0.353. The van der Waals surface area contributed by atoms with Crippen molar-refractivity contribution in [3.05, 3.63) is 33.8 Å². The summed E-state index contributed by atoms with van der Waals surface area (Å²) in [6.45, 7) is 0.879. The van der Waals surface area contributed by atoms with E-state index >= 15 is 0 Å². The van der Waals surface area contributed by atoms with E-state index in [0.717, 1.165) is 4.90 Å². The number of aromatic nitrogens is 4. The van der Waals surface area contributed by atoms with Gasteiger partial charge in [-0.3, -0.25) is 9.88 Å². The van der Waals surface area contributed by atoms with E-state index in [0.29, 0.717) is 16.5 Å². The van der Waals surface area contributed by atoms with Crippen molar-refractivity contribution >= 4 is 51.3 Å². The number of hydrogen-bond donors (Lipinski definition) is 1. The topological polar surface area (TPSA) is 97.5 Å². The van der Waals surface area contributed by atoms with Gasteiger partial charge in [-0.2, -0.15) is 23.4 Å². The number of carbonyl (C=O) groups excluding carboxylic acids is 1. The number of nitrogens with one attached hydrogen (secondary N) is 1. The first-order valence-electron chi connectivity index (χ1n) is 8.91. The maximum Gasteiger partial charge on any atom is 0.427 e. The van der Waals surface area contributed by atoms with Gasteiger partial charge in [0.05, 0.1) is 46.4 Å². The number of hydrogen-bond acceptors (Lipinski definition) is 6. The van der Waals surface area contributed by atoms with E-state index in [1.54, 1.807) is 6.92 Å². The summed E-state index contributed by atoms with van der Waals surface area (Å²) in [4.78, 5) is 23.4. The molecule has 2 aromatic rings. The Morgan fingerprint density at radius 3 is 2.71 bits per heavy atom. The third-order valence-corrected chi connectivity index (χ3v) is 5.83. The number of urea groups is 1. The molecule has 2 aliphatic heterocycles. The number of anilines is 1. The van der Waals surface area contributed by atoms with Crippen molar-refractivity contribution in [2.45, 2.75) is 31.7 Å². The number of fused-ring (bicyclic) bond motifs is 1. The van der Waals surface area contributed by atoms with Crippen molar-refractivity contribution in [3.63, 3.8) is 0 Å². The lowest BCUT2D eigenvalue weighted by atomic mass is 10.1. The molecule has 31 heavy (non-hydrogen) atoms. The van der Waals surface area contributed by atoms with E-state index in [1.165, 1.54) is 29.6 Å². The zero-order chi connectivity index (χ0) is 22.3. The Morgan fingerprint density at radius 1 is 1.35 bits per heavy atom. The summed E-state index contributed by atoms with van der Waals surface area (Å²) in [6.07, 6.45) is -1.05. The van der Waals surface area contributed by atoms with Crippen LogP contribution in [0.5, 0.6) is 5.75 Å². The van der Waals surface area contributed by atoms with Crippen LogP contribution in [0.15, 0.2) is 33.1 Å². The molecule has 14 heteroatoms. The molecule has 0 saturated carbocycles. The van der Waals surface area contributed by atoms with Crippen molar-refractivity contribution in [3.8, 4) is 5.75 Å². The van der Waals surface area contributed by atoms with Gasteiger partial charge in [-0.05, 0) is 22.9 Å². The fourth-order valence-electron chi connectivity index (χ4n) is 3.04. The molecule has 9 nitrogen and oxygen atoms in total. The normalized spacial score (nSPS) is 21.0. The highest BCUT2D eigenvalue weighted by molar-refractivity contribution is 9.10. The van der Waals surface area contributed by atoms with Gasteiger partial charge < -0.3 is 10.1 Å². The summed E-state index contributed by atoms with van der Waals surface area (Å²) in [5.74, 6) is 0.202. The predicted octanol–water partition coefficient (Wildman–Crippen LogP) is 3.49. The summed E-state index contributed by atoms with van der Waals surface area (Å²) in [6, 6.07) is -1.41. The molecule has 2 aromatic heterocycles. The number of alkyl halides is 3. The molecule has 4 rings (SSSR count). The second-order valence-corrected chi connectivity index (χ2v) is 7.97. The molecule has 0 spiro atoms. The Balaban J connectivity index is 1.56. The van der Waals surface area contributed by atoms with Crippen LogP contribution >= 0.6 is 27.5 Å². The van der Waals surface area contributed by atoms with E-state index in [1.807, 2.05) is 0 Å². The lowest BCUT2D eigenvalue weighted by Crippen LogP contribution is -2.54. The van der Waals surface area contributed by atoms with Crippen LogP contribution in [0, 0.1) is 6.92 Å². The molecule has 0 aromatic carbocycles. The van der Waals surface area contributed by atoms with E-state index in [9.17, 15) is 18.0 Å². The van der Waals surface area contributed by atoms with Gasteiger partial charge in [0.25, 0.3) is 0 Å². The van der Waals surface area contributed by atoms with E-state index in [4.69, 9.17) is 16.3 Å². The third-order valence-electron chi connectivity index (χ3n) is 4.58. The second-order valence-electron chi connectivity index (χ2n) is 6.72. The number of aryl methyl sites for hydroxylation is 1. The first-order chi connectivity index (χ1) is 14.6. The van der Waals surface area contributed by atoms with Crippen LogP contribution in [0.4, 0.5) is 23.7 Å². The molecule has 0 aliphatic carbocycles. The smallest absolute Gasteiger partial charge is 0.427 e. The second kappa shape index (κ2) is 8.11. The number of halogens is 5. The maximum atomic E-state index is 13.4. The Labute approximate surface area is 187 Å². The Hall–Kier alpha value is -2.67. The van der Waals surface area contributed by atoms with Crippen LogP contribution in [-0.4, -0.2) is 57.1 Å². The average Bonchev–Trinajstić information content (AvgIpc) is 3.24. The Bertz CT molecular complexity index is 1070. The summed E-state index contributed by atoms with van der Waals surface area (Å²) in [7, 11) is 0. The summed E-state index contributed by atoms with van der Waals surface area (Å²) in [5, 5.41) is 10.8. The van der Waals surface area contributed by atoms with Gasteiger partial charge in [-0.25, -0.2) is 9.79 Å². The molecular formula is C17H14BrClF3N7O2. The number of nitrogens with zero attached hydrogens (tertiary/aromatic N) is 6. The fourth-order valence-corrected chi connectivity index (χ4v) is 3.73. The molecule has 2 amide bonds. The summed E-state index contributed by atoms with van der Waals surface area (Å²) < 4.78 is 45.6. The lowest BCUT2D eigenvalue weighted by molar-refractivity contribution is -0.193. The minimum Gasteiger partial charge on any atom is -0.476 e. The minimum absolute atomic E-state index is 0.0986. The molecule has 0 fully saturated rings. The van der Waals surface area contributed by atoms with Crippen LogP contribution in [0.25, 0.3) is 5.82 Å². The van der Waals surface area contributed by atoms with Crippen molar-refractivity contribution in [2.24, 2.45) is 4.99 Å². The van der Waals surface area contributed by atoms with Gasteiger partial charge in [-0.15, -0.1) is 4.80 Å². The van der Waals surface area contributed by atoms with Crippen LogP contribution in [-0.2, 0) is 0 Å². The molecule has 2 aliphatic rings. The lowest BCUT2D eigenvalue weighted by Gasteiger charge is -2.36. The van der Waals surface area contributed by atoms with E-state index < -0.39 is 30.9 Å². The Kier molecular flexibility index (Phi) is 5.64. The number of ether oxygens (including phenoxy) is 1. The summed E-state index contributed by atoms with van der Waals surface area (Å²) >= 11 is 9.45. The molecule has 164 valence electrons. The number of rotatable bonds is 2. The van der Waals surface area contributed by atoms with Gasteiger partial charge in [0, 0.05) is 12.6 Å². The highest BCUT2D eigenvalue weighted by atomic mass is 79.9. The van der Waals surface area contributed by atoms with E-state index in [2.05, 4.69) is 41.4 Å². The minimum atomic E-state index is -4.67. The number of aliphatic imine (C=N–C) groups is 1. The predicted molar refractivity (Wildman–Crippen MR) is 109 cm³/mol. The highest BCUT2D eigenvalue weighted by Gasteiger charge is 2.47. The van der Waals surface area contributed by atoms with Gasteiger partial charge in [0.15, 0.2) is 11.6 Å². The molecule has 4 heterocycles. The standard InChI is InChI=1S/C17H14BrClF3N7O2/c1-8-13(18)14-11(6-23-8)28(7-12(31-14)17(20,21)22)16(30)27-9-4-10(19)15(24-5-9)29-25-2-3-26-29/h2-3,5-6,9,12H,4,7H2,1H3,(H,27,30)/t9?,12-/m0/s1. The number of pyridine rings is 1. The number of carbonyl (C=O) groups is 1. The van der Waals surface area contributed by atoms with Crippen LogP contribution in [0.1, 0.15) is 12.1 Å². The zero-order valence-electron chi connectivity index (χ0n) is 15.8. The monoisotopic (exact) mass is 519 g/mol. The molecular weight excluding hydrogens is 507 g/mol. The van der Waals surface area contributed by atoms with E-state index in [-0.39, 0.29) is 22.3 Å².